The van der Waals surface area contributed by atoms with Gasteiger partial charge in [-0.05, 0) is 41.4 Å². The van der Waals surface area contributed by atoms with Gasteiger partial charge in [0.2, 0.25) is 0 Å². The summed E-state index contributed by atoms with van der Waals surface area (Å²) in [5.41, 5.74) is 8.09. The average Bonchev–Trinajstić information content (AvgIpc) is 3.32. The van der Waals surface area contributed by atoms with Crippen molar-refractivity contribution in [2.75, 3.05) is 0 Å². The molecule has 0 bridgehead atoms. The van der Waals surface area contributed by atoms with E-state index in [4.69, 9.17) is 4.42 Å². The molecule has 3 aromatic heterocycles. The number of benzene rings is 3. The van der Waals surface area contributed by atoms with Crippen LogP contribution in [0.5, 0.6) is 0 Å². The number of hydrogen-bond acceptors (Lipinski definition) is 3. The normalized spacial score (nSPS) is 11.3. The molecule has 0 atom stereocenters. The maximum absolute atomic E-state index is 6.23. The molecule has 0 fully saturated rings. The smallest absolute Gasteiger partial charge is 0.120 e. The topological polar surface area (TPSA) is 38.9 Å². The van der Waals surface area contributed by atoms with Gasteiger partial charge < -0.3 is 14.4 Å². The third-order valence-electron chi connectivity index (χ3n) is 6.90. The number of fused-ring (bicyclic) bond motifs is 3. The van der Waals surface area contributed by atoms with E-state index in [-0.39, 0.29) is 20.1 Å². The minimum absolute atomic E-state index is 0. The summed E-state index contributed by atoms with van der Waals surface area (Å²) in [4.78, 5) is 8.98. The Morgan fingerprint density at radius 2 is 1.55 bits per heavy atom. The molecule has 1 radical (unpaired) electrons. The zero-order chi connectivity index (χ0) is 27.6. The first kappa shape index (κ1) is 29.6. The number of furan rings is 1. The summed E-state index contributed by atoms with van der Waals surface area (Å²) in [6.45, 7) is 13.5. The fraction of sp³-hybridized carbons (Fsp3) is 0.200. The largest absolute Gasteiger partial charge is 0.501 e. The summed E-state index contributed by atoms with van der Waals surface area (Å²) in [6.07, 6.45) is 3.83. The summed E-state index contributed by atoms with van der Waals surface area (Å²) < 4.78 is 6.23. The third kappa shape index (κ3) is 6.50. The van der Waals surface area contributed by atoms with Crippen molar-refractivity contribution in [3.8, 4) is 22.5 Å². The molecule has 0 aliphatic heterocycles. The van der Waals surface area contributed by atoms with Crippen LogP contribution in [0.15, 0.2) is 95.7 Å². The van der Waals surface area contributed by atoms with E-state index in [9.17, 15) is 0 Å². The van der Waals surface area contributed by atoms with Gasteiger partial charge >= 0.3 is 0 Å². The summed E-state index contributed by atoms with van der Waals surface area (Å²) in [6, 6.07) is 33.3. The second-order valence-electron chi connectivity index (χ2n) is 11.3. The van der Waals surface area contributed by atoms with Gasteiger partial charge in [-0.1, -0.05) is 86.0 Å². The van der Waals surface area contributed by atoms with E-state index in [1.165, 1.54) is 21.7 Å². The summed E-state index contributed by atoms with van der Waals surface area (Å²) in [5, 5.41) is 3.78. The minimum atomic E-state index is -1.37. The van der Waals surface area contributed by atoms with Gasteiger partial charge in [0.1, 0.15) is 5.58 Å². The van der Waals surface area contributed by atoms with Crippen LogP contribution in [0.25, 0.3) is 44.5 Å². The summed E-state index contributed by atoms with van der Waals surface area (Å²) >= 11 is 0. The molecule has 0 N–H and O–H groups in total. The van der Waals surface area contributed by atoms with Gasteiger partial charge in [0.05, 0.1) is 13.7 Å². The van der Waals surface area contributed by atoms with Gasteiger partial charge in [-0.15, -0.1) is 54.1 Å². The zero-order valence-electron chi connectivity index (χ0n) is 23.9. The van der Waals surface area contributed by atoms with Crippen LogP contribution in [-0.4, -0.2) is 18.0 Å². The van der Waals surface area contributed by atoms with Gasteiger partial charge in [-0.25, -0.2) is 0 Å². The van der Waals surface area contributed by atoms with Crippen LogP contribution in [-0.2, 0) is 20.1 Å². The van der Waals surface area contributed by atoms with Crippen molar-refractivity contribution >= 4 is 35.2 Å². The van der Waals surface area contributed by atoms with Crippen molar-refractivity contribution in [3.05, 3.63) is 115 Å². The predicted octanol–water partition coefficient (Wildman–Crippen LogP) is 8.97. The van der Waals surface area contributed by atoms with E-state index in [1.54, 1.807) is 0 Å². The van der Waals surface area contributed by atoms with E-state index in [0.717, 1.165) is 39.1 Å². The molecule has 0 saturated heterocycles. The van der Waals surface area contributed by atoms with Crippen LogP contribution in [0.4, 0.5) is 0 Å². The molecule has 40 heavy (non-hydrogen) atoms. The second-order valence-corrected chi connectivity index (χ2v) is 16.4. The van der Waals surface area contributed by atoms with Crippen molar-refractivity contribution in [1.29, 1.82) is 0 Å². The fourth-order valence-corrected chi connectivity index (χ4v) is 5.63. The van der Waals surface area contributed by atoms with Gasteiger partial charge in [-0.2, -0.15) is 0 Å². The number of nitrogens with zero attached hydrogens (tertiary/aromatic N) is 2. The first-order valence-electron chi connectivity index (χ1n) is 13.4. The Labute approximate surface area is 252 Å². The summed E-state index contributed by atoms with van der Waals surface area (Å²) in [7, 11) is -1.37. The molecular formula is C35H34IrN2OSi-2. The molecule has 3 heterocycles. The maximum Gasteiger partial charge on any atom is 0.120 e. The molecular weight excluding hydrogens is 685 g/mol. The molecule has 6 aromatic rings. The number of aryl methyl sites for hydroxylation is 1. The first-order chi connectivity index (χ1) is 18.7. The number of hydrogen-bond donors (Lipinski definition) is 0. The molecule has 0 spiro atoms. The molecule has 0 aliphatic carbocycles. The van der Waals surface area contributed by atoms with Crippen molar-refractivity contribution < 1.29 is 24.5 Å². The molecule has 3 aromatic carbocycles. The quantitative estimate of drug-likeness (QED) is 0.135. The molecule has 0 saturated carbocycles. The minimum Gasteiger partial charge on any atom is -0.501 e. The van der Waals surface area contributed by atoms with E-state index < -0.39 is 8.07 Å². The number of aromatic nitrogens is 2. The van der Waals surface area contributed by atoms with Crippen molar-refractivity contribution in [1.82, 2.24) is 9.97 Å². The van der Waals surface area contributed by atoms with Crippen molar-refractivity contribution in [2.24, 2.45) is 0 Å². The summed E-state index contributed by atoms with van der Waals surface area (Å²) in [5.74, 6) is 0.475. The third-order valence-corrected chi connectivity index (χ3v) is 8.95. The van der Waals surface area contributed by atoms with E-state index >= 15 is 0 Å². The van der Waals surface area contributed by atoms with Gasteiger partial charge in [0, 0.05) is 37.9 Å². The SMILES string of the molecule is CC(C)c1ccc(-c2[c-]ccc3c2oc2ccc([Si](C)(C)C)cc23)nc1.Cc1ccc(-c2[c-]cccc2)nc1.[Ir]. The standard InChI is InChI=1S/C23H24NOSi.C12H10N.Ir/c1-15(2)16-9-11-21(24-14-16)19-8-6-7-18-20-13-17(26(3,4)5)10-12-22(20)25-23(18)19;1-10-7-8-12(13-9-10)11-5-3-2-4-6-11;/h6-7,9-15H,1-5H3;2-5,7-9H,1H3;/q2*-1;. The van der Waals surface area contributed by atoms with Crippen LogP contribution in [0.2, 0.25) is 19.6 Å². The first-order valence-corrected chi connectivity index (χ1v) is 16.9. The van der Waals surface area contributed by atoms with Gasteiger partial charge in [-0.3, -0.25) is 0 Å². The Morgan fingerprint density at radius 1 is 0.775 bits per heavy atom. The van der Waals surface area contributed by atoms with E-state index in [1.807, 2.05) is 55.7 Å². The molecule has 6 rings (SSSR count). The Hall–Kier alpha value is -3.37. The molecule has 205 valence electrons. The van der Waals surface area contributed by atoms with Crippen LogP contribution >= 0.6 is 0 Å². The maximum atomic E-state index is 6.23. The van der Waals surface area contributed by atoms with Crippen LogP contribution in [0.1, 0.15) is 30.9 Å². The predicted molar refractivity (Wildman–Crippen MR) is 166 cm³/mol. The number of rotatable bonds is 4. The molecule has 0 amide bonds. The average molecular weight is 719 g/mol. The Balaban J connectivity index is 0.000000223. The zero-order valence-corrected chi connectivity index (χ0v) is 27.3. The van der Waals surface area contributed by atoms with E-state index in [0.29, 0.717) is 5.92 Å². The Kier molecular flexibility index (Phi) is 9.20. The van der Waals surface area contributed by atoms with Crippen LogP contribution in [0, 0.1) is 19.1 Å². The Morgan fingerprint density at radius 3 is 2.17 bits per heavy atom. The van der Waals surface area contributed by atoms with Crippen molar-refractivity contribution in [3.63, 3.8) is 0 Å². The van der Waals surface area contributed by atoms with E-state index in [2.05, 4.69) is 98.1 Å². The molecule has 0 unspecified atom stereocenters. The molecule has 5 heteroatoms. The monoisotopic (exact) mass is 719 g/mol. The Bertz CT molecular complexity index is 1700. The van der Waals surface area contributed by atoms with Crippen LogP contribution in [0.3, 0.4) is 0 Å². The number of pyridine rings is 2. The van der Waals surface area contributed by atoms with Gasteiger partial charge in [0.15, 0.2) is 0 Å². The second kappa shape index (κ2) is 12.4. The fourth-order valence-electron chi connectivity index (χ4n) is 4.47. The molecule has 0 aliphatic rings. The van der Waals surface area contributed by atoms with Crippen molar-refractivity contribution in [2.45, 2.75) is 46.3 Å². The van der Waals surface area contributed by atoms with Gasteiger partial charge in [0.25, 0.3) is 0 Å². The van der Waals surface area contributed by atoms with Crippen LogP contribution < -0.4 is 5.19 Å². The molecule has 3 nitrogen and oxygen atoms in total.